The van der Waals surface area contributed by atoms with Crippen molar-refractivity contribution >= 4 is 11.8 Å². The van der Waals surface area contributed by atoms with Crippen LogP contribution in [0.5, 0.6) is 0 Å². The van der Waals surface area contributed by atoms with Gasteiger partial charge in [0.1, 0.15) is 17.1 Å². The van der Waals surface area contributed by atoms with E-state index in [1.54, 1.807) is 36.6 Å². The van der Waals surface area contributed by atoms with E-state index in [0.717, 1.165) is 11.1 Å². The van der Waals surface area contributed by atoms with Crippen molar-refractivity contribution in [1.82, 2.24) is 15.6 Å². The van der Waals surface area contributed by atoms with Crippen molar-refractivity contribution in [1.29, 1.82) is 0 Å². The summed E-state index contributed by atoms with van der Waals surface area (Å²) in [6, 6.07) is 16.2. The number of carbonyl (C=O) groups excluding carboxylic acids is 2. The lowest BCUT2D eigenvalue weighted by atomic mass is 10.1. The maximum absolute atomic E-state index is 12.3. The van der Waals surface area contributed by atoms with Crippen LogP contribution < -0.4 is 10.6 Å². The largest absolute Gasteiger partial charge is 0.467 e. The van der Waals surface area contributed by atoms with Gasteiger partial charge >= 0.3 is 0 Å². The second-order valence-corrected chi connectivity index (χ2v) is 5.84. The number of hydrogen-bond acceptors (Lipinski definition) is 4. The van der Waals surface area contributed by atoms with Crippen LogP contribution in [0.1, 0.15) is 37.9 Å². The summed E-state index contributed by atoms with van der Waals surface area (Å²) < 4.78 is 5.16. The maximum atomic E-state index is 12.3. The molecule has 0 aliphatic rings. The van der Waals surface area contributed by atoms with Gasteiger partial charge in [0, 0.05) is 6.54 Å². The topological polar surface area (TPSA) is 84.2 Å². The lowest BCUT2D eigenvalue weighted by Gasteiger charge is -2.07. The normalized spacial score (nSPS) is 10.3. The molecule has 0 aliphatic carbocycles. The number of benzene rings is 1. The van der Waals surface area contributed by atoms with Crippen molar-refractivity contribution in [2.24, 2.45) is 0 Å². The fourth-order valence-electron chi connectivity index (χ4n) is 2.34. The molecule has 26 heavy (non-hydrogen) atoms. The van der Waals surface area contributed by atoms with E-state index in [4.69, 9.17) is 4.42 Å². The lowest BCUT2D eigenvalue weighted by Crippen LogP contribution is -2.27. The van der Waals surface area contributed by atoms with Gasteiger partial charge in [-0.05, 0) is 36.8 Å². The van der Waals surface area contributed by atoms with E-state index in [-0.39, 0.29) is 29.7 Å². The molecule has 0 aliphatic heterocycles. The van der Waals surface area contributed by atoms with Crippen LogP contribution in [0.3, 0.4) is 0 Å². The molecule has 3 rings (SSSR count). The van der Waals surface area contributed by atoms with Gasteiger partial charge in [0.25, 0.3) is 11.8 Å². The molecular formula is C20H19N3O3. The number of carbonyl (C=O) groups is 2. The molecule has 2 N–H and O–H groups in total. The van der Waals surface area contributed by atoms with Crippen molar-refractivity contribution in [3.05, 3.63) is 89.1 Å². The molecule has 0 spiro atoms. The number of aryl methyl sites for hydroxylation is 1. The number of hydrogen-bond donors (Lipinski definition) is 2. The van der Waals surface area contributed by atoms with Crippen LogP contribution in [0.2, 0.25) is 0 Å². The highest BCUT2D eigenvalue weighted by Gasteiger charge is 2.12. The molecule has 2 aromatic heterocycles. The van der Waals surface area contributed by atoms with Crippen LogP contribution in [0.4, 0.5) is 0 Å². The van der Waals surface area contributed by atoms with Gasteiger partial charge < -0.3 is 15.1 Å². The first kappa shape index (κ1) is 17.4. The standard InChI is InChI=1S/C20H19N3O3/c1-14-7-9-15(10-8-14)12-21-19(24)17-5-2-6-18(23-17)20(25)22-13-16-4-3-11-26-16/h2-11H,12-13H2,1H3,(H,21,24)(H,22,25). The Bertz CT molecular complexity index is 887. The second kappa shape index (κ2) is 8.11. The number of nitrogens with one attached hydrogen (secondary N) is 2. The third kappa shape index (κ3) is 4.57. The Balaban J connectivity index is 1.59. The van der Waals surface area contributed by atoms with E-state index in [1.165, 1.54) is 0 Å². The maximum Gasteiger partial charge on any atom is 0.270 e. The number of furan rings is 1. The van der Waals surface area contributed by atoms with Crippen LogP contribution in [-0.2, 0) is 13.1 Å². The van der Waals surface area contributed by atoms with Gasteiger partial charge in [0.2, 0.25) is 0 Å². The number of pyridine rings is 1. The van der Waals surface area contributed by atoms with Gasteiger partial charge in [-0.3, -0.25) is 9.59 Å². The molecule has 132 valence electrons. The molecule has 0 saturated carbocycles. The smallest absolute Gasteiger partial charge is 0.270 e. The van der Waals surface area contributed by atoms with E-state index in [0.29, 0.717) is 12.3 Å². The van der Waals surface area contributed by atoms with Crippen LogP contribution >= 0.6 is 0 Å². The average Bonchev–Trinajstić information content (AvgIpc) is 3.19. The molecule has 2 heterocycles. The molecule has 0 bridgehead atoms. The summed E-state index contributed by atoms with van der Waals surface area (Å²) in [5.41, 5.74) is 2.54. The molecule has 0 atom stereocenters. The lowest BCUT2D eigenvalue weighted by molar-refractivity contribution is 0.0939. The SMILES string of the molecule is Cc1ccc(CNC(=O)c2cccc(C(=O)NCc3ccco3)n2)cc1. The van der Waals surface area contributed by atoms with E-state index < -0.39 is 0 Å². The number of rotatable bonds is 6. The zero-order chi connectivity index (χ0) is 18.4. The minimum atomic E-state index is -0.366. The van der Waals surface area contributed by atoms with Crippen LogP contribution in [-0.4, -0.2) is 16.8 Å². The van der Waals surface area contributed by atoms with Gasteiger partial charge in [-0.1, -0.05) is 35.9 Å². The predicted molar refractivity (Wildman–Crippen MR) is 96.5 cm³/mol. The van der Waals surface area contributed by atoms with Gasteiger partial charge in [-0.25, -0.2) is 4.98 Å². The summed E-state index contributed by atoms with van der Waals surface area (Å²) >= 11 is 0. The van der Waals surface area contributed by atoms with Gasteiger partial charge in [0.05, 0.1) is 12.8 Å². The Labute approximate surface area is 151 Å². The van der Waals surface area contributed by atoms with Gasteiger partial charge in [-0.15, -0.1) is 0 Å². The Hall–Kier alpha value is -3.41. The van der Waals surface area contributed by atoms with Crippen LogP contribution in [0.15, 0.2) is 65.3 Å². The second-order valence-electron chi connectivity index (χ2n) is 5.84. The van der Waals surface area contributed by atoms with E-state index in [2.05, 4.69) is 15.6 Å². The average molecular weight is 349 g/mol. The Morgan fingerprint density at radius 2 is 1.54 bits per heavy atom. The minimum Gasteiger partial charge on any atom is -0.467 e. The zero-order valence-corrected chi connectivity index (χ0v) is 14.4. The van der Waals surface area contributed by atoms with E-state index in [9.17, 15) is 9.59 Å². The summed E-state index contributed by atoms with van der Waals surface area (Å²) in [7, 11) is 0. The molecule has 3 aromatic rings. The summed E-state index contributed by atoms with van der Waals surface area (Å²) in [5.74, 6) is -0.0498. The molecule has 0 saturated heterocycles. The third-order valence-corrected chi connectivity index (χ3v) is 3.79. The Morgan fingerprint density at radius 3 is 2.15 bits per heavy atom. The molecule has 6 heteroatoms. The van der Waals surface area contributed by atoms with Crippen LogP contribution in [0.25, 0.3) is 0 Å². The fraction of sp³-hybridized carbons (Fsp3) is 0.150. The first-order chi connectivity index (χ1) is 12.6. The van der Waals surface area contributed by atoms with Crippen molar-refractivity contribution in [3.8, 4) is 0 Å². The highest BCUT2D eigenvalue weighted by Crippen LogP contribution is 2.05. The molecule has 0 unspecified atom stereocenters. The summed E-state index contributed by atoms with van der Waals surface area (Å²) in [6.45, 7) is 2.67. The van der Waals surface area contributed by atoms with Gasteiger partial charge in [0.15, 0.2) is 0 Å². The molecular weight excluding hydrogens is 330 g/mol. The molecule has 1 aromatic carbocycles. The highest BCUT2D eigenvalue weighted by atomic mass is 16.3. The number of aromatic nitrogens is 1. The minimum absolute atomic E-state index is 0.180. The van der Waals surface area contributed by atoms with Crippen LogP contribution in [0, 0.1) is 6.92 Å². The van der Waals surface area contributed by atoms with Gasteiger partial charge in [-0.2, -0.15) is 0 Å². The fourth-order valence-corrected chi connectivity index (χ4v) is 2.34. The zero-order valence-electron chi connectivity index (χ0n) is 14.4. The summed E-state index contributed by atoms with van der Waals surface area (Å²) in [6.07, 6.45) is 1.54. The molecule has 6 nitrogen and oxygen atoms in total. The Morgan fingerprint density at radius 1 is 0.885 bits per heavy atom. The first-order valence-electron chi connectivity index (χ1n) is 8.23. The summed E-state index contributed by atoms with van der Waals surface area (Å²) in [4.78, 5) is 28.6. The van der Waals surface area contributed by atoms with Crippen molar-refractivity contribution in [2.45, 2.75) is 20.0 Å². The van der Waals surface area contributed by atoms with Crippen molar-refractivity contribution in [3.63, 3.8) is 0 Å². The summed E-state index contributed by atoms with van der Waals surface area (Å²) in [5, 5.41) is 5.51. The number of amides is 2. The number of nitrogens with zero attached hydrogens (tertiary/aromatic N) is 1. The Kier molecular flexibility index (Phi) is 5.43. The quantitative estimate of drug-likeness (QED) is 0.717. The van der Waals surface area contributed by atoms with Crippen molar-refractivity contribution < 1.29 is 14.0 Å². The predicted octanol–water partition coefficient (Wildman–Crippen LogP) is 2.84. The molecule has 2 amide bonds. The molecule has 0 fully saturated rings. The third-order valence-electron chi connectivity index (χ3n) is 3.79. The van der Waals surface area contributed by atoms with E-state index in [1.807, 2.05) is 31.2 Å². The monoisotopic (exact) mass is 349 g/mol. The first-order valence-corrected chi connectivity index (χ1v) is 8.23. The highest BCUT2D eigenvalue weighted by molar-refractivity contribution is 5.96. The van der Waals surface area contributed by atoms with Crippen molar-refractivity contribution in [2.75, 3.05) is 0 Å². The molecule has 0 radical (unpaired) electrons. The van der Waals surface area contributed by atoms with E-state index >= 15 is 0 Å².